The van der Waals surface area contributed by atoms with Gasteiger partial charge in [0.25, 0.3) is 0 Å². The molecule has 4 rings (SSSR count). The Morgan fingerprint density at radius 1 is 1.13 bits per heavy atom. The molecule has 2 aliphatic rings. The van der Waals surface area contributed by atoms with Crippen LogP contribution < -0.4 is 4.74 Å². The molecule has 0 aliphatic carbocycles. The van der Waals surface area contributed by atoms with Gasteiger partial charge in [-0.05, 0) is 16.5 Å². The molecule has 0 bridgehead atoms. The predicted octanol–water partition coefficient (Wildman–Crippen LogP) is 1.12. The maximum atomic E-state index is 6.48. The van der Waals surface area contributed by atoms with Crippen LogP contribution in [0.1, 0.15) is 18.4 Å². The second-order valence-corrected chi connectivity index (χ2v) is 6.29. The zero-order valence-electron chi connectivity index (χ0n) is 13.1. The minimum atomic E-state index is -0.147. The molecule has 2 aromatic rings. The van der Waals surface area contributed by atoms with Crippen molar-refractivity contribution in [2.75, 3.05) is 26.3 Å². The lowest BCUT2D eigenvalue weighted by Gasteiger charge is -2.39. The van der Waals surface area contributed by atoms with Crippen LogP contribution in [-0.2, 0) is 17.8 Å². The molecule has 0 N–H and O–H groups in total. The maximum absolute atomic E-state index is 6.48. The third-order valence-corrected chi connectivity index (χ3v) is 4.65. The lowest BCUT2D eigenvalue weighted by molar-refractivity contribution is -0.0587. The first-order valence-electron chi connectivity index (χ1n) is 8.11. The second-order valence-electron chi connectivity index (χ2n) is 6.29. The van der Waals surface area contributed by atoms with Crippen LogP contribution in [0.15, 0.2) is 30.6 Å². The van der Waals surface area contributed by atoms with Crippen LogP contribution in [0.3, 0.4) is 0 Å². The Kier molecular flexibility index (Phi) is 3.97. The van der Waals surface area contributed by atoms with Crippen molar-refractivity contribution in [3.63, 3.8) is 0 Å². The van der Waals surface area contributed by atoms with Crippen LogP contribution >= 0.6 is 0 Å². The molecule has 0 radical (unpaired) electrons. The molecule has 122 valence electrons. The van der Waals surface area contributed by atoms with Crippen LogP contribution in [-0.4, -0.2) is 57.0 Å². The van der Waals surface area contributed by atoms with Crippen LogP contribution in [0.5, 0.6) is 5.75 Å². The summed E-state index contributed by atoms with van der Waals surface area (Å²) in [5.41, 5.74) is 1.10. The largest absolute Gasteiger partial charge is 0.485 e. The molecular formula is C16H21N5O2. The van der Waals surface area contributed by atoms with Crippen molar-refractivity contribution in [3.05, 3.63) is 36.2 Å². The van der Waals surface area contributed by atoms with Gasteiger partial charge in [-0.2, -0.15) is 0 Å². The fraction of sp³-hybridized carbons (Fsp3) is 0.562. The Bertz CT molecular complexity index is 640. The van der Waals surface area contributed by atoms with Gasteiger partial charge in [0, 0.05) is 38.0 Å². The number of tetrazole rings is 1. The molecule has 1 spiro atoms. The van der Waals surface area contributed by atoms with Crippen LogP contribution in [0, 0.1) is 0 Å². The predicted molar refractivity (Wildman–Crippen MR) is 82.9 cm³/mol. The third kappa shape index (κ3) is 3.20. The molecule has 23 heavy (non-hydrogen) atoms. The minimum Gasteiger partial charge on any atom is -0.485 e. The number of ether oxygens (including phenoxy) is 2. The van der Waals surface area contributed by atoms with Crippen molar-refractivity contribution in [1.82, 2.24) is 25.1 Å². The minimum absolute atomic E-state index is 0.147. The topological polar surface area (TPSA) is 65.3 Å². The number of aromatic nitrogens is 4. The number of rotatable bonds is 3. The second kappa shape index (κ2) is 6.25. The van der Waals surface area contributed by atoms with E-state index >= 15 is 0 Å². The highest BCUT2D eigenvalue weighted by molar-refractivity contribution is 5.35. The Labute approximate surface area is 135 Å². The lowest BCUT2D eigenvalue weighted by atomic mass is 9.93. The van der Waals surface area contributed by atoms with E-state index in [-0.39, 0.29) is 5.60 Å². The van der Waals surface area contributed by atoms with Gasteiger partial charge in [0.2, 0.25) is 0 Å². The van der Waals surface area contributed by atoms with Crippen LogP contribution in [0.2, 0.25) is 0 Å². The summed E-state index contributed by atoms with van der Waals surface area (Å²) >= 11 is 0. The standard InChI is InChI=1S/C16H21N5O2/c1-2-4-15-14(3-1)11-20(7-8-21-13-17-18-19-21)12-16(23-15)5-9-22-10-6-16/h1-4,13H,5-12H2. The van der Waals surface area contributed by atoms with Gasteiger partial charge in [-0.15, -0.1) is 5.10 Å². The molecule has 0 saturated carbocycles. The Morgan fingerprint density at radius 2 is 2.00 bits per heavy atom. The molecule has 1 fully saturated rings. The highest BCUT2D eigenvalue weighted by atomic mass is 16.5. The van der Waals surface area contributed by atoms with E-state index < -0.39 is 0 Å². The first-order valence-corrected chi connectivity index (χ1v) is 8.11. The van der Waals surface area contributed by atoms with E-state index in [0.29, 0.717) is 0 Å². The number of hydrogen-bond acceptors (Lipinski definition) is 6. The first-order chi connectivity index (χ1) is 11.3. The van der Waals surface area contributed by atoms with Gasteiger partial charge >= 0.3 is 0 Å². The van der Waals surface area contributed by atoms with Crippen molar-refractivity contribution < 1.29 is 9.47 Å². The van der Waals surface area contributed by atoms with E-state index in [1.807, 2.05) is 6.07 Å². The van der Waals surface area contributed by atoms with Gasteiger partial charge in [0.15, 0.2) is 0 Å². The number of benzene rings is 1. The number of para-hydroxylation sites is 1. The number of hydrogen-bond donors (Lipinski definition) is 0. The van der Waals surface area contributed by atoms with Crippen molar-refractivity contribution in [2.45, 2.75) is 31.5 Å². The van der Waals surface area contributed by atoms with E-state index in [1.165, 1.54) is 5.56 Å². The van der Waals surface area contributed by atoms with Gasteiger partial charge in [0.05, 0.1) is 19.8 Å². The Balaban J connectivity index is 1.56. The summed E-state index contributed by atoms with van der Waals surface area (Å²) in [4.78, 5) is 2.44. The van der Waals surface area contributed by atoms with E-state index in [9.17, 15) is 0 Å². The maximum Gasteiger partial charge on any atom is 0.138 e. The third-order valence-electron chi connectivity index (χ3n) is 4.65. The normalized spacial score (nSPS) is 20.7. The van der Waals surface area contributed by atoms with Gasteiger partial charge in [-0.1, -0.05) is 18.2 Å². The van der Waals surface area contributed by atoms with Crippen molar-refractivity contribution in [3.8, 4) is 5.75 Å². The fourth-order valence-corrected chi connectivity index (χ4v) is 3.39. The molecular weight excluding hydrogens is 294 g/mol. The van der Waals surface area contributed by atoms with E-state index in [1.54, 1.807) is 11.0 Å². The van der Waals surface area contributed by atoms with E-state index in [0.717, 1.165) is 58.0 Å². The molecule has 2 aliphatic heterocycles. The zero-order valence-corrected chi connectivity index (χ0v) is 13.1. The zero-order chi connectivity index (χ0) is 15.5. The van der Waals surface area contributed by atoms with E-state index in [4.69, 9.17) is 9.47 Å². The molecule has 3 heterocycles. The average molecular weight is 315 g/mol. The molecule has 0 atom stereocenters. The SMILES string of the molecule is c1ccc2c(c1)CN(CCn1cnnn1)CC1(CCOCC1)O2. The highest BCUT2D eigenvalue weighted by Crippen LogP contribution is 2.34. The molecule has 7 heteroatoms. The molecule has 1 saturated heterocycles. The number of fused-ring (bicyclic) bond motifs is 1. The van der Waals surface area contributed by atoms with Gasteiger partial charge in [-0.25, -0.2) is 4.68 Å². The lowest BCUT2D eigenvalue weighted by Crippen LogP contribution is -2.50. The number of nitrogens with zero attached hydrogens (tertiary/aromatic N) is 5. The van der Waals surface area contributed by atoms with Gasteiger partial charge < -0.3 is 9.47 Å². The summed E-state index contributed by atoms with van der Waals surface area (Å²) in [5.74, 6) is 1.01. The average Bonchev–Trinajstić information content (AvgIpc) is 3.04. The molecule has 0 unspecified atom stereocenters. The van der Waals surface area contributed by atoms with Crippen molar-refractivity contribution >= 4 is 0 Å². The smallest absolute Gasteiger partial charge is 0.138 e. The molecule has 1 aromatic heterocycles. The summed E-state index contributed by atoms with van der Waals surface area (Å²) in [7, 11) is 0. The summed E-state index contributed by atoms with van der Waals surface area (Å²) in [6.45, 7) is 5.01. The molecule has 0 amide bonds. The van der Waals surface area contributed by atoms with Gasteiger partial charge in [-0.3, -0.25) is 4.90 Å². The quantitative estimate of drug-likeness (QED) is 0.845. The summed E-state index contributed by atoms with van der Waals surface area (Å²) in [5, 5.41) is 11.3. The first kappa shape index (κ1) is 14.6. The summed E-state index contributed by atoms with van der Waals surface area (Å²) in [6.07, 6.45) is 3.53. The van der Waals surface area contributed by atoms with Crippen LogP contribution in [0.4, 0.5) is 0 Å². The van der Waals surface area contributed by atoms with Crippen LogP contribution in [0.25, 0.3) is 0 Å². The van der Waals surface area contributed by atoms with Gasteiger partial charge in [0.1, 0.15) is 17.7 Å². The van der Waals surface area contributed by atoms with Crippen molar-refractivity contribution in [2.24, 2.45) is 0 Å². The summed E-state index contributed by atoms with van der Waals surface area (Å²) in [6, 6.07) is 8.35. The monoisotopic (exact) mass is 315 g/mol. The summed E-state index contributed by atoms with van der Waals surface area (Å²) < 4.78 is 13.8. The molecule has 7 nitrogen and oxygen atoms in total. The Hall–Kier alpha value is -1.99. The highest BCUT2D eigenvalue weighted by Gasteiger charge is 2.39. The Morgan fingerprint density at radius 3 is 2.83 bits per heavy atom. The van der Waals surface area contributed by atoms with E-state index in [2.05, 4.69) is 38.6 Å². The fourth-order valence-electron chi connectivity index (χ4n) is 3.39. The van der Waals surface area contributed by atoms with Crippen molar-refractivity contribution in [1.29, 1.82) is 0 Å². The molecule has 1 aromatic carbocycles.